The van der Waals surface area contributed by atoms with E-state index in [2.05, 4.69) is 11.5 Å². The van der Waals surface area contributed by atoms with Crippen LogP contribution in [0.5, 0.6) is 5.75 Å². The largest absolute Gasteiger partial charge is 0.485 e. The Bertz CT molecular complexity index is 716. The van der Waals surface area contributed by atoms with Crippen LogP contribution in [0.3, 0.4) is 0 Å². The molecule has 0 aliphatic rings. The molecule has 1 heterocycles. The minimum atomic E-state index is -0.0709. The van der Waals surface area contributed by atoms with Gasteiger partial charge in [0.15, 0.2) is 6.61 Å². The van der Waals surface area contributed by atoms with Crippen LogP contribution in [0.1, 0.15) is 45.1 Å². The molecule has 0 N–H and O–H groups in total. The first-order valence-electron chi connectivity index (χ1n) is 7.86. The van der Waals surface area contributed by atoms with E-state index >= 15 is 0 Å². The Balaban J connectivity index is 2.09. The highest BCUT2D eigenvalue weighted by molar-refractivity contribution is 5.98. The van der Waals surface area contributed by atoms with Crippen molar-refractivity contribution in [2.75, 3.05) is 20.3 Å². The first kappa shape index (κ1) is 17.9. The number of aldehydes is 1. The number of nitrogens with zero attached hydrogens (tertiary/aromatic N) is 1. The van der Waals surface area contributed by atoms with Gasteiger partial charge in [0.1, 0.15) is 12.0 Å². The number of benzene rings is 1. The first-order chi connectivity index (χ1) is 11.5. The zero-order valence-corrected chi connectivity index (χ0v) is 14.5. The maximum absolute atomic E-state index is 12.5. The summed E-state index contributed by atoms with van der Waals surface area (Å²) >= 11 is 0. The zero-order valence-electron chi connectivity index (χ0n) is 14.5. The number of carbonyl (C=O) groups excluding carboxylic acids is 2. The minimum Gasteiger partial charge on any atom is -0.485 e. The van der Waals surface area contributed by atoms with Crippen molar-refractivity contribution in [3.05, 3.63) is 52.8 Å². The van der Waals surface area contributed by atoms with E-state index < -0.39 is 0 Å². The van der Waals surface area contributed by atoms with Crippen molar-refractivity contribution in [2.45, 2.75) is 26.8 Å². The first-order valence-corrected chi connectivity index (χ1v) is 7.86. The summed E-state index contributed by atoms with van der Waals surface area (Å²) < 4.78 is 12.8. The third-order valence-corrected chi connectivity index (χ3v) is 4.02. The van der Waals surface area contributed by atoms with Crippen LogP contribution in [0.4, 0.5) is 0 Å². The summed E-state index contributed by atoms with van der Waals surface area (Å²) in [7, 11) is 1.67. The highest BCUT2D eigenvalue weighted by Crippen LogP contribution is 2.21. The van der Waals surface area contributed by atoms with Crippen LogP contribution in [0, 0.1) is 13.8 Å². The van der Waals surface area contributed by atoms with Gasteiger partial charge < -0.3 is 14.0 Å². The Kier molecular flexibility index (Phi) is 5.93. The number of methoxy groups -OCH3 is 1. The molecule has 0 aliphatic carbocycles. The number of hydrogen-bond acceptors (Lipinski definition) is 4. The minimum absolute atomic E-state index is 0.0383. The van der Waals surface area contributed by atoms with E-state index in [1.807, 2.05) is 19.9 Å². The fourth-order valence-electron chi connectivity index (χ4n) is 2.92. The average Bonchev–Trinajstić information content (AvgIpc) is 2.88. The Morgan fingerprint density at radius 1 is 1.25 bits per heavy atom. The van der Waals surface area contributed by atoms with Crippen LogP contribution in [0.25, 0.3) is 0 Å². The summed E-state index contributed by atoms with van der Waals surface area (Å²) in [6.07, 6.45) is 0.769. The van der Waals surface area contributed by atoms with Gasteiger partial charge in [0, 0.05) is 29.6 Å². The van der Waals surface area contributed by atoms with Gasteiger partial charge in [-0.3, -0.25) is 9.59 Å². The molecule has 24 heavy (non-hydrogen) atoms. The summed E-state index contributed by atoms with van der Waals surface area (Å²) in [4.78, 5) is 23.1. The van der Waals surface area contributed by atoms with Gasteiger partial charge in [0.05, 0.1) is 12.6 Å². The van der Waals surface area contributed by atoms with Crippen molar-refractivity contribution >= 4 is 12.1 Å². The molecule has 5 heteroatoms. The van der Waals surface area contributed by atoms with Crippen LogP contribution < -0.4 is 4.74 Å². The van der Waals surface area contributed by atoms with Crippen LogP contribution in [0.15, 0.2) is 30.3 Å². The van der Waals surface area contributed by atoms with Crippen molar-refractivity contribution in [2.24, 2.45) is 0 Å². The van der Waals surface area contributed by atoms with Gasteiger partial charge in [-0.2, -0.15) is 0 Å². The third-order valence-electron chi connectivity index (χ3n) is 4.02. The fourth-order valence-corrected chi connectivity index (χ4v) is 2.92. The lowest BCUT2D eigenvalue weighted by molar-refractivity contribution is 0.0920. The zero-order chi connectivity index (χ0) is 17.7. The smallest absolute Gasteiger partial charge is 0.202 e. The summed E-state index contributed by atoms with van der Waals surface area (Å²) in [6, 6.07) is 8.73. The van der Waals surface area contributed by atoms with Crippen molar-refractivity contribution in [1.82, 2.24) is 4.57 Å². The molecule has 1 aromatic heterocycles. The molecular weight excluding hydrogens is 306 g/mol. The number of ketones is 1. The van der Waals surface area contributed by atoms with Gasteiger partial charge in [-0.05, 0) is 51.1 Å². The summed E-state index contributed by atoms with van der Waals surface area (Å²) in [5.41, 5.74) is 3.18. The maximum atomic E-state index is 12.5. The normalized spacial score (nSPS) is 12.0. The lowest BCUT2D eigenvalue weighted by Crippen LogP contribution is -2.16. The summed E-state index contributed by atoms with van der Waals surface area (Å²) in [6.45, 7) is 6.52. The molecule has 0 bridgehead atoms. The molecular formula is C19H23NO4. The maximum Gasteiger partial charge on any atom is 0.202 e. The van der Waals surface area contributed by atoms with Gasteiger partial charge >= 0.3 is 0 Å². The molecule has 1 atom stereocenters. The van der Waals surface area contributed by atoms with Crippen molar-refractivity contribution in [1.29, 1.82) is 0 Å². The van der Waals surface area contributed by atoms with E-state index in [-0.39, 0.29) is 18.4 Å². The van der Waals surface area contributed by atoms with Gasteiger partial charge in [0.2, 0.25) is 5.78 Å². The van der Waals surface area contributed by atoms with Gasteiger partial charge in [-0.15, -0.1) is 0 Å². The fraction of sp³-hybridized carbons (Fsp3) is 0.368. The van der Waals surface area contributed by atoms with Gasteiger partial charge in [-0.25, -0.2) is 0 Å². The second-order valence-corrected chi connectivity index (χ2v) is 5.86. The monoisotopic (exact) mass is 329 g/mol. The van der Waals surface area contributed by atoms with Crippen LogP contribution >= 0.6 is 0 Å². The quantitative estimate of drug-likeness (QED) is 0.550. The molecule has 1 aromatic carbocycles. The van der Waals surface area contributed by atoms with Crippen LogP contribution in [0.2, 0.25) is 0 Å². The molecule has 128 valence electrons. The SMILES string of the molecule is COCC(C)n1c(C)cc(C(=O)COc2ccc(C=O)cc2)c1C. The molecule has 0 amide bonds. The van der Waals surface area contributed by atoms with Gasteiger partial charge in [0.25, 0.3) is 0 Å². The number of Topliss-reactive ketones (excluding diaryl/α,β-unsaturated/α-hetero) is 1. The lowest BCUT2D eigenvalue weighted by atomic mass is 10.1. The lowest BCUT2D eigenvalue weighted by Gasteiger charge is -2.17. The Labute approximate surface area is 142 Å². The van der Waals surface area contributed by atoms with E-state index in [1.54, 1.807) is 31.4 Å². The Hall–Kier alpha value is -2.40. The van der Waals surface area contributed by atoms with Crippen molar-refractivity contribution < 1.29 is 19.1 Å². The highest BCUT2D eigenvalue weighted by Gasteiger charge is 2.19. The summed E-state index contributed by atoms with van der Waals surface area (Å²) in [5, 5.41) is 0. The second kappa shape index (κ2) is 7.93. The second-order valence-electron chi connectivity index (χ2n) is 5.86. The van der Waals surface area contributed by atoms with E-state index in [0.717, 1.165) is 17.7 Å². The highest BCUT2D eigenvalue weighted by atomic mass is 16.5. The number of ether oxygens (including phenoxy) is 2. The van der Waals surface area contributed by atoms with Gasteiger partial charge in [-0.1, -0.05) is 0 Å². The molecule has 2 rings (SSSR count). The number of hydrogen-bond donors (Lipinski definition) is 0. The molecule has 5 nitrogen and oxygen atoms in total. The number of rotatable bonds is 8. The number of carbonyl (C=O) groups is 2. The standard InChI is InChI=1S/C19H23NO4/c1-13-9-18(15(3)20(13)14(2)11-23-4)19(22)12-24-17-7-5-16(10-21)6-8-17/h5-10,14H,11-12H2,1-4H3. The van der Waals surface area contributed by atoms with Crippen molar-refractivity contribution in [3.63, 3.8) is 0 Å². The van der Waals surface area contributed by atoms with E-state index in [9.17, 15) is 9.59 Å². The summed E-state index contributed by atoms with van der Waals surface area (Å²) in [5.74, 6) is 0.494. The number of aryl methyl sites for hydroxylation is 1. The molecule has 1 unspecified atom stereocenters. The molecule has 0 radical (unpaired) electrons. The molecule has 0 saturated heterocycles. The Morgan fingerprint density at radius 2 is 1.92 bits per heavy atom. The molecule has 0 fully saturated rings. The Morgan fingerprint density at radius 3 is 2.50 bits per heavy atom. The number of aromatic nitrogens is 1. The molecule has 0 aliphatic heterocycles. The average molecular weight is 329 g/mol. The molecule has 0 saturated carbocycles. The topological polar surface area (TPSA) is 57.5 Å². The van der Waals surface area contributed by atoms with E-state index in [0.29, 0.717) is 23.5 Å². The molecule has 2 aromatic rings. The van der Waals surface area contributed by atoms with E-state index in [4.69, 9.17) is 9.47 Å². The third kappa shape index (κ3) is 3.92. The molecule has 0 spiro atoms. The van der Waals surface area contributed by atoms with Crippen LogP contribution in [-0.4, -0.2) is 37.0 Å². The van der Waals surface area contributed by atoms with Crippen molar-refractivity contribution in [3.8, 4) is 5.75 Å². The van der Waals surface area contributed by atoms with E-state index in [1.165, 1.54) is 0 Å². The van der Waals surface area contributed by atoms with Crippen LogP contribution in [-0.2, 0) is 4.74 Å². The predicted octanol–water partition coefficient (Wildman–Crippen LogP) is 3.39. The predicted molar refractivity (Wildman–Crippen MR) is 92.1 cm³/mol.